The Morgan fingerprint density at radius 2 is 2.00 bits per heavy atom. The molecule has 100 valence electrons. The van der Waals surface area contributed by atoms with Gasteiger partial charge in [0.15, 0.2) is 0 Å². The molecule has 2 aliphatic rings. The highest BCUT2D eigenvalue weighted by molar-refractivity contribution is 5.87. The molecule has 0 unspecified atom stereocenters. The summed E-state index contributed by atoms with van der Waals surface area (Å²) in [5.41, 5.74) is 2.57. The summed E-state index contributed by atoms with van der Waals surface area (Å²) < 4.78 is 0. The lowest BCUT2D eigenvalue weighted by Gasteiger charge is -2.39. The Morgan fingerprint density at radius 1 is 1.33 bits per heavy atom. The molecule has 3 nitrogen and oxygen atoms in total. The minimum atomic E-state index is 0.0718. The fourth-order valence-corrected chi connectivity index (χ4v) is 3.81. The van der Waals surface area contributed by atoms with Crippen molar-refractivity contribution in [1.29, 1.82) is 0 Å². The topological polar surface area (TPSA) is 32.7 Å². The van der Waals surface area contributed by atoms with Gasteiger partial charge < -0.3 is 0 Å². The van der Waals surface area contributed by atoms with Gasteiger partial charge in [-0.2, -0.15) is 5.10 Å². The molecule has 0 saturated heterocycles. The molecule has 0 spiro atoms. The van der Waals surface area contributed by atoms with Crippen LogP contribution in [0.3, 0.4) is 0 Å². The summed E-state index contributed by atoms with van der Waals surface area (Å²) in [5.74, 6) is 1.75. The van der Waals surface area contributed by atoms with Crippen molar-refractivity contribution < 1.29 is 4.79 Å². The molecule has 0 N–H and O–H groups in total. The number of nitrogens with zero attached hydrogens (tertiary/aromatic N) is 2. The van der Waals surface area contributed by atoms with Gasteiger partial charge >= 0.3 is 0 Å². The van der Waals surface area contributed by atoms with E-state index in [4.69, 9.17) is 0 Å². The van der Waals surface area contributed by atoms with Crippen molar-refractivity contribution in [3.8, 4) is 0 Å². The molecule has 0 saturated carbocycles. The molecule has 4 atom stereocenters. The van der Waals surface area contributed by atoms with Crippen LogP contribution in [0.2, 0.25) is 0 Å². The van der Waals surface area contributed by atoms with E-state index in [0.717, 1.165) is 18.6 Å². The summed E-state index contributed by atoms with van der Waals surface area (Å²) in [6.45, 7) is 10.4. The van der Waals surface area contributed by atoms with Crippen molar-refractivity contribution in [1.82, 2.24) is 5.01 Å². The van der Waals surface area contributed by atoms with Gasteiger partial charge in [0.05, 0.1) is 6.04 Å². The molecule has 3 heteroatoms. The first-order valence-electron chi connectivity index (χ1n) is 6.91. The third kappa shape index (κ3) is 2.36. The number of hydrazone groups is 1. The summed E-state index contributed by atoms with van der Waals surface area (Å²) in [5, 5.41) is 6.14. The van der Waals surface area contributed by atoms with Gasteiger partial charge in [0.1, 0.15) is 0 Å². The van der Waals surface area contributed by atoms with Crippen LogP contribution in [0.4, 0.5) is 0 Å². The van der Waals surface area contributed by atoms with Crippen LogP contribution in [-0.2, 0) is 4.79 Å². The molecule has 0 aromatic carbocycles. The smallest absolute Gasteiger partial charge is 0.239 e. The van der Waals surface area contributed by atoms with Gasteiger partial charge in [0.2, 0.25) is 5.91 Å². The number of amides is 1. The molecule has 1 aliphatic carbocycles. The fraction of sp³-hybridized carbons (Fsp3) is 0.733. The molecule has 0 fully saturated rings. The second-order valence-corrected chi connectivity index (χ2v) is 6.10. The lowest BCUT2D eigenvalue weighted by Crippen LogP contribution is -2.43. The molecule has 0 aromatic heterocycles. The van der Waals surface area contributed by atoms with Crippen LogP contribution in [0, 0.1) is 17.8 Å². The highest BCUT2D eigenvalue weighted by atomic mass is 16.2. The van der Waals surface area contributed by atoms with E-state index in [9.17, 15) is 4.79 Å². The molecule has 1 aliphatic heterocycles. The Kier molecular flexibility index (Phi) is 3.60. The maximum atomic E-state index is 11.7. The van der Waals surface area contributed by atoms with E-state index in [-0.39, 0.29) is 11.9 Å². The molecule has 0 aromatic rings. The zero-order chi connectivity index (χ0) is 13.4. The first kappa shape index (κ1) is 13.3. The van der Waals surface area contributed by atoms with Gasteiger partial charge in [-0.3, -0.25) is 4.79 Å². The SMILES string of the molecule is CC(=O)N1N=C(C)C[C@H]1[C@H]1[C@H](C)C=C(C)C[C@H]1C. The van der Waals surface area contributed by atoms with Crippen molar-refractivity contribution in [2.75, 3.05) is 0 Å². The molecule has 1 heterocycles. The van der Waals surface area contributed by atoms with E-state index in [1.54, 1.807) is 11.9 Å². The Labute approximate surface area is 110 Å². The monoisotopic (exact) mass is 248 g/mol. The van der Waals surface area contributed by atoms with Crippen molar-refractivity contribution in [2.24, 2.45) is 22.9 Å². The van der Waals surface area contributed by atoms with Crippen molar-refractivity contribution in [2.45, 2.75) is 53.5 Å². The third-order valence-electron chi connectivity index (χ3n) is 4.32. The largest absolute Gasteiger partial charge is 0.273 e. The molecule has 1 amide bonds. The number of hydrogen-bond acceptors (Lipinski definition) is 2. The summed E-state index contributed by atoms with van der Waals surface area (Å²) >= 11 is 0. The van der Waals surface area contributed by atoms with E-state index >= 15 is 0 Å². The van der Waals surface area contributed by atoms with E-state index < -0.39 is 0 Å². The molecular formula is C15H24N2O. The standard InChI is InChI=1S/C15H24N2O/c1-9-6-10(2)15(11(3)7-9)14-8-12(4)16-17(14)13(5)18/h6,10-11,14-15H,7-8H2,1-5H3/t10-,11-,14+,15+/m1/s1. The number of hydrogen-bond donors (Lipinski definition) is 0. The van der Waals surface area contributed by atoms with Crippen LogP contribution in [0.25, 0.3) is 0 Å². The maximum Gasteiger partial charge on any atom is 0.239 e. The Morgan fingerprint density at radius 3 is 2.56 bits per heavy atom. The van der Waals surface area contributed by atoms with Gasteiger partial charge in [-0.25, -0.2) is 5.01 Å². The van der Waals surface area contributed by atoms with Gasteiger partial charge in [0.25, 0.3) is 0 Å². The lowest BCUT2D eigenvalue weighted by molar-refractivity contribution is -0.132. The lowest BCUT2D eigenvalue weighted by atomic mass is 9.70. The van der Waals surface area contributed by atoms with Crippen LogP contribution in [0.1, 0.15) is 47.5 Å². The van der Waals surface area contributed by atoms with Crippen LogP contribution in [-0.4, -0.2) is 22.7 Å². The molecular weight excluding hydrogens is 224 g/mol. The fourth-order valence-electron chi connectivity index (χ4n) is 3.81. The summed E-state index contributed by atoms with van der Waals surface area (Å²) in [6.07, 6.45) is 4.46. The number of carbonyl (C=O) groups is 1. The van der Waals surface area contributed by atoms with E-state index in [1.807, 2.05) is 6.92 Å². The second kappa shape index (κ2) is 4.87. The number of rotatable bonds is 1. The Balaban J connectivity index is 2.24. The summed E-state index contributed by atoms with van der Waals surface area (Å²) in [6, 6.07) is 0.261. The van der Waals surface area contributed by atoms with Crippen molar-refractivity contribution >= 4 is 11.6 Å². The van der Waals surface area contributed by atoms with Gasteiger partial charge in [0, 0.05) is 19.1 Å². The quantitative estimate of drug-likeness (QED) is 0.656. The third-order valence-corrected chi connectivity index (χ3v) is 4.32. The molecule has 0 radical (unpaired) electrons. The van der Waals surface area contributed by atoms with E-state index in [1.165, 1.54) is 5.57 Å². The molecule has 18 heavy (non-hydrogen) atoms. The zero-order valence-electron chi connectivity index (χ0n) is 12.1. The van der Waals surface area contributed by atoms with Crippen LogP contribution in [0.15, 0.2) is 16.8 Å². The maximum absolute atomic E-state index is 11.7. The van der Waals surface area contributed by atoms with Crippen LogP contribution >= 0.6 is 0 Å². The van der Waals surface area contributed by atoms with Gasteiger partial charge in [-0.05, 0) is 38.0 Å². The Hall–Kier alpha value is -1.12. The van der Waals surface area contributed by atoms with Gasteiger partial charge in [-0.1, -0.05) is 25.5 Å². The normalized spacial score (nSPS) is 36.4. The van der Waals surface area contributed by atoms with Crippen molar-refractivity contribution in [3.05, 3.63) is 11.6 Å². The molecule has 0 bridgehead atoms. The first-order valence-corrected chi connectivity index (χ1v) is 6.91. The minimum absolute atomic E-state index is 0.0718. The van der Waals surface area contributed by atoms with E-state index in [2.05, 4.69) is 31.9 Å². The van der Waals surface area contributed by atoms with Crippen LogP contribution < -0.4 is 0 Å². The van der Waals surface area contributed by atoms with Crippen LogP contribution in [0.5, 0.6) is 0 Å². The predicted octanol–water partition coefficient (Wildman–Crippen LogP) is 3.22. The van der Waals surface area contributed by atoms with E-state index in [0.29, 0.717) is 17.8 Å². The van der Waals surface area contributed by atoms with Gasteiger partial charge in [-0.15, -0.1) is 0 Å². The highest BCUT2D eigenvalue weighted by Crippen LogP contribution is 2.40. The number of carbonyl (C=O) groups excluding carboxylic acids is 1. The summed E-state index contributed by atoms with van der Waals surface area (Å²) in [7, 11) is 0. The summed E-state index contributed by atoms with van der Waals surface area (Å²) in [4.78, 5) is 11.7. The highest BCUT2D eigenvalue weighted by Gasteiger charge is 2.40. The molecule has 2 rings (SSSR count). The average Bonchev–Trinajstić information content (AvgIpc) is 2.58. The average molecular weight is 248 g/mol. The number of allylic oxidation sites excluding steroid dienone is 2. The second-order valence-electron chi connectivity index (χ2n) is 6.10. The first-order chi connectivity index (χ1) is 8.40. The Bertz CT molecular complexity index is 411. The predicted molar refractivity (Wildman–Crippen MR) is 74.2 cm³/mol. The van der Waals surface area contributed by atoms with Crippen molar-refractivity contribution in [3.63, 3.8) is 0 Å². The zero-order valence-corrected chi connectivity index (χ0v) is 12.1. The minimum Gasteiger partial charge on any atom is -0.273 e.